The minimum atomic E-state index is -0.815. The quantitative estimate of drug-likeness (QED) is 0.882. The first-order valence-electron chi connectivity index (χ1n) is 7.58. The van der Waals surface area contributed by atoms with Gasteiger partial charge in [0.1, 0.15) is 5.69 Å². The summed E-state index contributed by atoms with van der Waals surface area (Å²) in [5.74, 6) is -0.0147. The second-order valence-electron chi connectivity index (χ2n) is 5.99. The summed E-state index contributed by atoms with van der Waals surface area (Å²) in [6.07, 6.45) is -0.815. The monoisotopic (exact) mass is 335 g/mol. The van der Waals surface area contributed by atoms with E-state index < -0.39 is 12.1 Å². The summed E-state index contributed by atoms with van der Waals surface area (Å²) < 4.78 is 1.71. The van der Waals surface area contributed by atoms with Crippen molar-refractivity contribution < 1.29 is 9.90 Å². The largest absolute Gasteiger partial charge is 0.386 e. The van der Waals surface area contributed by atoms with Gasteiger partial charge < -0.3 is 10.4 Å². The fourth-order valence-electron chi connectivity index (χ4n) is 2.44. The van der Waals surface area contributed by atoms with E-state index in [0.29, 0.717) is 16.3 Å². The van der Waals surface area contributed by atoms with Crippen molar-refractivity contribution >= 4 is 17.5 Å². The topological polar surface area (TPSA) is 67.2 Å². The van der Waals surface area contributed by atoms with Crippen LogP contribution in [0.1, 0.15) is 54.5 Å². The molecule has 2 rings (SSSR count). The van der Waals surface area contributed by atoms with Gasteiger partial charge in [0.05, 0.1) is 12.1 Å². The number of aromatic nitrogens is 2. The summed E-state index contributed by atoms with van der Waals surface area (Å²) in [6.45, 7) is 5.85. The zero-order chi connectivity index (χ0) is 17.1. The molecule has 0 aliphatic heterocycles. The first-order chi connectivity index (χ1) is 10.8. The number of benzene rings is 1. The van der Waals surface area contributed by atoms with Gasteiger partial charge in [0.15, 0.2) is 0 Å². The summed E-state index contributed by atoms with van der Waals surface area (Å²) in [5, 5.41) is 18.0. The third kappa shape index (κ3) is 4.12. The van der Waals surface area contributed by atoms with Crippen LogP contribution in [0.3, 0.4) is 0 Å². The Hall–Kier alpha value is -1.85. The van der Waals surface area contributed by atoms with Crippen molar-refractivity contribution in [3.63, 3.8) is 0 Å². The summed E-state index contributed by atoms with van der Waals surface area (Å²) >= 11 is 5.84. The number of nitrogens with one attached hydrogen (secondary N) is 1. The van der Waals surface area contributed by atoms with E-state index in [9.17, 15) is 9.90 Å². The van der Waals surface area contributed by atoms with E-state index >= 15 is 0 Å². The summed E-state index contributed by atoms with van der Waals surface area (Å²) in [5.41, 5.74) is 2.04. The average Bonchev–Trinajstić information content (AvgIpc) is 2.89. The fraction of sp³-hybridized carbons (Fsp3) is 0.412. The highest BCUT2D eigenvalue weighted by Crippen LogP contribution is 2.20. The molecule has 2 aromatic rings. The van der Waals surface area contributed by atoms with Gasteiger partial charge in [-0.1, -0.05) is 37.6 Å². The number of carbonyl (C=O) groups excluding carboxylic acids is 1. The van der Waals surface area contributed by atoms with Crippen molar-refractivity contribution in [3.8, 4) is 0 Å². The Morgan fingerprint density at radius 2 is 1.87 bits per heavy atom. The summed E-state index contributed by atoms with van der Waals surface area (Å²) in [7, 11) is 1.82. The Balaban J connectivity index is 2.07. The van der Waals surface area contributed by atoms with Gasteiger partial charge in [0.2, 0.25) is 0 Å². The van der Waals surface area contributed by atoms with Crippen molar-refractivity contribution in [1.29, 1.82) is 0 Å². The molecule has 1 aromatic heterocycles. The highest BCUT2D eigenvalue weighted by Gasteiger charge is 2.21. The Bertz CT molecular complexity index is 680. The van der Waals surface area contributed by atoms with E-state index in [0.717, 1.165) is 5.69 Å². The maximum atomic E-state index is 12.3. The first-order valence-corrected chi connectivity index (χ1v) is 7.95. The first kappa shape index (κ1) is 17.5. The summed E-state index contributed by atoms with van der Waals surface area (Å²) in [4.78, 5) is 12.3. The Morgan fingerprint density at radius 1 is 1.26 bits per heavy atom. The van der Waals surface area contributed by atoms with Gasteiger partial charge >= 0.3 is 0 Å². The van der Waals surface area contributed by atoms with E-state index in [-0.39, 0.29) is 11.8 Å². The molecule has 1 amide bonds. The maximum Gasteiger partial charge on any atom is 0.272 e. The zero-order valence-electron chi connectivity index (χ0n) is 13.7. The molecule has 0 saturated carbocycles. The molecule has 23 heavy (non-hydrogen) atoms. The third-order valence-electron chi connectivity index (χ3n) is 3.78. The lowest BCUT2D eigenvalue weighted by atomic mass is 10.0. The van der Waals surface area contributed by atoms with Gasteiger partial charge in [0, 0.05) is 17.8 Å². The van der Waals surface area contributed by atoms with Gasteiger partial charge in [-0.2, -0.15) is 5.10 Å². The molecule has 2 N–H and O–H groups in total. The summed E-state index contributed by atoms with van der Waals surface area (Å²) in [6, 6.07) is 8.24. The molecule has 6 heteroatoms. The van der Waals surface area contributed by atoms with Crippen LogP contribution in [0, 0.1) is 0 Å². The van der Waals surface area contributed by atoms with Crippen LogP contribution in [-0.2, 0) is 7.05 Å². The lowest BCUT2D eigenvalue weighted by Gasteiger charge is -2.20. The smallest absolute Gasteiger partial charge is 0.272 e. The Morgan fingerprint density at radius 3 is 2.39 bits per heavy atom. The number of halogens is 1. The molecule has 0 spiro atoms. The number of hydrogen-bond acceptors (Lipinski definition) is 3. The van der Waals surface area contributed by atoms with E-state index in [1.807, 2.05) is 20.9 Å². The molecule has 2 atom stereocenters. The van der Waals surface area contributed by atoms with Gasteiger partial charge in [-0.05, 0) is 36.6 Å². The normalized spacial score (nSPS) is 13.9. The van der Waals surface area contributed by atoms with Crippen molar-refractivity contribution in [3.05, 3.63) is 52.3 Å². The predicted octanol–water partition coefficient (Wildman–Crippen LogP) is 3.05. The Labute approximate surface area is 141 Å². The number of aliphatic hydroxyl groups is 1. The highest BCUT2D eigenvalue weighted by atomic mass is 35.5. The number of amides is 1. The molecule has 5 nitrogen and oxygen atoms in total. The number of aryl methyl sites for hydroxylation is 1. The van der Waals surface area contributed by atoms with Crippen molar-refractivity contribution in [2.75, 3.05) is 0 Å². The molecule has 2 unspecified atom stereocenters. The fourth-order valence-corrected chi connectivity index (χ4v) is 2.57. The molecule has 1 aromatic carbocycles. The molecule has 1 heterocycles. The van der Waals surface area contributed by atoms with Crippen LogP contribution in [0.15, 0.2) is 30.3 Å². The van der Waals surface area contributed by atoms with Gasteiger partial charge in [0.25, 0.3) is 5.91 Å². The predicted molar refractivity (Wildman–Crippen MR) is 90.6 cm³/mol. The van der Waals surface area contributed by atoms with Crippen molar-refractivity contribution in [1.82, 2.24) is 15.1 Å². The van der Waals surface area contributed by atoms with E-state index in [1.165, 1.54) is 0 Å². The third-order valence-corrected chi connectivity index (χ3v) is 4.04. The van der Waals surface area contributed by atoms with Crippen LogP contribution >= 0.6 is 11.6 Å². The number of carbonyl (C=O) groups is 1. The minimum absolute atomic E-state index is 0.283. The molecule has 0 aliphatic rings. The number of aliphatic hydroxyl groups excluding tert-OH is 1. The molecule has 124 valence electrons. The van der Waals surface area contributed by atoms with Crippen LogP contribution in [0.4, 0.5) is 0 Å². The SMILES string of the molecule is CC(C)c1cc(C(=O)NC(C)C(O)c2ccc(Cl)cc2)nn1C. The van der Waals surface area contributed by atoms with Crippen LogP contribution in [0.25, 0.3) is 0 Å². The van der Waals surface area contributed by atoms with Gasteiger partial charge in [-0.25, -0.2) is 0 Å². The van der Waals surface area contributed by atoms with Crippen molar-refractivity contribution in [2.24, 2.45) is 7.05 Å². The van der Waals surface area contributed by atoms with E-state index in [4.69, 9.17) is 11.6 Å². The van der Waals surface area contributed by atoms with E-state index in [2.05, 4.69) is 10.4 Å². The number of hydrogen-bond donors (Lipinski definition) is 2. The Kier molecular flexibility index (Phi) is 5.44. The maximum absolute atomic E-state index is 12.3. The molecule has 0 fully saturated rings. The number of rotatable bonds is 5. The molecule has 0 saturated heterocycles. The van der Waals surface area contributed by atoms with Crippen LogP contribution in [0.2, 0.25) is 5.02 Å². The van der Waals surface area contributed by atoms with E-state index in [1.54, 1.807) is 41.9 Å². The molecule has 0 aliphatic carbocycles. The molecule has 0 bridgehead atoms. The second-order valence-corrected chi connectivity index (χ2v) is 6.43. The molecular formula is C17H22ClN3O2. The van der Waals surface area contributed by atoms with Crippen LogP contribution in [-0.4, -0.2) is 26.8 Å². The number of nitrogens with zero attached hydrogens (tertiary/aromatic N) is 2. The van der Waals surface area contributed by atoms with Gasteiger partial charge in [-0.3, -0.25) is 9.48 Å². The molecule has 0 radical (unpaired) electrons. The molecular weight excluding hydrogens is 314 g/mol. The van der Waals surface area contributed by atoms with Crippen LogP contribution in [0.5, 0.6) is 0 Å². The highest BCUT2D eigenvalue weighted by molar-refractivity contribution is 6.30. The van der Waals surface area contributed by atoms with Gasteiger partial charge in [-0.15, -0.1) is 0 Å². The standard InChI is InChI=1S/C17H22ClN3O2/c1-10(2)15-9-14(20-21(15)4)17(23)19-11(3)16(22)12-5-7-13(18)8-6-12/h5-11,16,22H,1-4H3,(H,19,23). The average molecular weight is 336 g/mol. The van der Waals surface area contributed by atoms with Crippen LogP contribution < -0.4 is 5.32 Å². The lowest BCUT2D eigenvalue weighted by Crippen LogP contribution is -2.37. The lowest BCUT2D eigenvalue weighted by molar-refractivity contribution is 0.0846. The second kappa shape index (κ2) is 7.15. The van der Waals surface area contributed by atoms with Crippen molar-refractivity contribution in [2.45, 2.75) is 38.8 Å². The zero-order valence-corrected chi connectivity index (χ0v) is 14.5. The minimum Gasteiger partial charge on any atom is -0.386 e.